The molecular weight excluding hydrogens is 240 g/mol. The number of carbonyl (C=O) groups is 1. The zero-order valence-electron chi connectivity index (χ0n) is 10.2. The molecule has 0 aromatic heterocycles. The van der Waals surface area contributed by atoms with Crippen molar-refractivity contribution in [1.29, 1.82) is 0 Å². The van der Waals surface area contributed by atoms with Gasteiger partial charge in [0.2, 0.25) is 0 Å². The summed E-state index contributed by atoms with van der Waals surface area (Å²) in [5.41, 5.74) is 0.220. The van der Waals surface area contributed by atoms with Crippen LogP contribution in [-0.4, -0.2) is 16.7 Å². The van der Waals surface area contributed by atoms with Crippen LogP contribution in [0.25, 0.3) is 0 Å². The van der Waals surface area contributed by atoms with E-state index in [1.807, 2.05) is 18.2 Å². The van der Waals surface area contributed by atoms with Gasteiger partial charge in [-0.1, -0.05) is 29.8 Å². The first-order chi connectivity index (χ1) is 7.79. The summed E-state index contributed by atoms with van der Waals surface area (Å²) in [6, 6.07) is 7.22. The number of hydrogen-bond acceptors (Lipinski definition) is 3. The number of rotatable bonds is 2. The highest BCUT2D eigenvalue weighted by molar-refractivity contribution is 6.31. The maximum atomic E-state index is 11.6. The second kappa shape index (κ2) is 5.38. The molecule has 1 amide bonds. The van der Waals surface area contributed by atoms with Crippen molar-refractivity contribution in [3.05, 3.63) is 34.9 Å². The van der Waals surface area contributed by atoms with Gasteiger partial charge in [0, 0.05) is 5.02 Å². The number of hydrogen-bond donors (Lipinski definition) is 1. The van der Waals surface area contributed by atoms with Crippen molar-refractivity contribution >= 4 is 17.7 Å². The summed E-state index contributed by atoms with van der Waals surface area (Å²) in [7, 11) is 0. The van der Waals surface area contributed by atoms with Crippen molar-refractivity contribution in [2.24, 2.45) is 5.84 Å². The predicted molar refractivity (Wildman–Crippen MR) is 67.4 cm³/mol. The van der Waals surface area contributed by atoms with Crippen LogP contribution in [0, 0.1) is 0 Å². The molecule has 0 heterocycles. The van der Waals surface area contributed by atoms with Crippen LogP contribution in [0.1, 0.15) is 26.3 Å². The SMILES string of the molecule is CC(C)(C)OC(=O)N(N)Cc1ccccc1Cl. The molecule has 0 spiro atoms. The maximum Gasteiger partial charge on any atom is 0.424 e. The number of carbonyl (C=O) groups excluding carboxylic acids is 1. The van der Waals surface area contributed by atoms with Gasteiger partial charge in [-0.05, 0) is 32.4 Å². The zero-order valence-corrected chi connectivity index (χ0v) is 11.0. The molecule has 1 rings (SSSR count). The third-order valence-electron chi connectivity index (χ3n) is 1.93. The third-order valence-corrected chi connectivity index (χ3v) is 2.30. The fourth-order valence-corrected chi connectivity index (χ4v) is 1.39. The van der Waals surface area contributed by atoms with Gasteiger partial charge in [0.25, 0.3) is 0 Å². The van der Waals surface area contributed by atoms with Gasteiger partial charge in [-0.15, -0.1) is 0 Å². The Kier molecular flexibility index (Phi) is 4.37. The molecule has 0 aliphatic heterocycles. The fraction of sp³-hybridized carbons (Fsp3) is 0.417. The van der Waals surface area contributed by atoms with Gasteiger partial charge in [0.1, 0.15) is 5.60 Å². The predicted octanol–water partition coefficient (Wildman–Crippen LogP) is 2.95. The molecule has 0 atom stereocenters. The standard InChI is InChI=1S/C12H17ClN2O2/c1-12(2,3)17-11(16)15(14)8-9-6-4-5-7-10(9)13/h4-7H,8,14H2,1-3H3. The summed E-state index contributed by atoms with van der Waals surface area (Å²) in [6.07, 6.45) is -0.572. The summed E-state index contributed by atoms with van der Waals surface area (Å²) in [5.74, 6) is 5.63. The monoisotopic (exact) mass is 256 g/mol. The molecule has 0 bridgehead atoms. The molecule has 2 N–H and O–H groups in total. The van der Waals surface area contributed by atoms with Crippen LogP contribution in [0.4, 0.5) is 4.79 Å². The quantitative estimate of drug-likeness (QED) is 0.503. The highest BCUT2D eigenvalue weighted by Crippen LogP contribution is 2.17. The Bertz CT molecular complexity index is 402. The molecular formula is C12H17ClN2O2. The molecule has 1 aromatic carbocycles. The van der Waals surface area contributed by atoms with Gasteiger partial charge in [-0.25, -0.2) is 15.6 Å². The van der Waals surface area contributed by atoms with E-state index in [2.05, 4.69) is 0 Å². The van der Waals surface area contributed by atoms with E-state index >= 15 is 0 Å². The Balaban J connectivity index is 2.64. The van der Waals surface area contributed by atoms with E-state index < -0.39 is 11.7 Å². The smallest absolute Gasteiger partial charge is 0.424 e. The summed E-state index contributed by atoms with van der Waals surface area (Å²) >= 11 is 5.97. The Morgan fingerprint density at radius 3 is 2.53 bits per heavy atom. The molecule has 0 saturated carbocycles. The maximum absolute atomic E-state index is 11.6. The second-order valence-corrected chi connectivity index (χ2v) is 5.11. The second-order valence-electron chi connectivity index (χ2n) is 4.70. The average molecular weight is 257 g/mol. The summed E-state index contributed by atoms with van der Waals surface area (Å²) in [6.45, 7) is 5.57. The lowest BCUT2D eigenvalue weighted by atomic mass is 10.2. The molecule has 0 aliphatic rings. The minimum absolute atomic E-state index is 0.217. The van der Waals surface area contributed by atoms with E-state index in [9.17, 15) is 4.79 Å². The van der Waals surface area contributed by atoms with Crippen LogP contribution in [0.5, 0.6) is 0 Å². The molecule has 0 aliphatic carbocycles. The Labute approximate surface area is 106 Å². The van der Waals surface area contributed by atoms with Gasteiger partial charge in [0.15, 0.2) is 0 Å². The molecule has 0 fully saturated rings. The van der Waals surface area contributed by atoms with E-state index in [-0.39, 0.29) is 6.54 Å². The van der Waals surface area contributed by atoms with Gasteiger partial charge in [-0.2, -0.15) is 0 Å². The fourth-order valence-electron chi connectivity index (χ4n) is 1.20. The molecule has 4 nitrogen and oxygen atoms in total. The van der Waals surface area contributed by atoms with Crippen molar-refractivity contribution in [2.75, 3.05) is 0 Å². The van der Waals surface area contributed by atoms with Crippen molar-refractivity contribution in [2.45, 2.75) is 32.9 Å². The molecule has 17 heavy (non-hydrogen) atoms. The van der Waals surface area contributed by atoms with Crippen molar-refractivity contribution in [3.8, 4) is 0 Å². The van der Waals surface area contributed by atoms with Crippen LogP contribution in [0.15, 0.2) is 24.3 Å². The van der Waals surface area contributed by atoms with Crippen LogP contribution in [0.3, 0.4) is 0 Å². The summed E-state index contributed by atoms with van der Waals surface area (Å²) in [4.78, 5) is 11.6. The number of benzene rings is 1. The van der Waals surface area contributed by atoms with Gasteiger partial charge in [-0.3, -0.25) is 0 Å². The number of ether oxygens (including phenoxy) is 1. The Hall–Kier alpha value is -1.26. The van der Waals surface area contributed by atoms with E-state index in [1.54, 1.807) is 26.8 Å². The molecule has 0 unspecified atom stereocenters. The first-order valence-electron chi connectivity index (χ1n) is 5.28. The van der Waals surface area contributed by atoms with Crippen molar-refractivity contribution < 1.29 is 9.53 Å². The lowest BCUT2D eigenvalue weighted by molar-refractivity contribution is 0.0231. The lowest BCUT2D eigenvalue weighted by Gasteiger charge is -2.24. The van der Waals surface area contributed by atoms with Crippen LogP contribution >= 0.6 is 11.6 Å². The highest BCUT2D eigenvalue weighted by atomic mass is 35.5. The number of amides is 1. The van der Waals surface area contributed by atoms with E-state index in [0.717, 1.165) is 10.6 Å². The van der Waals surface area contributed by atoms with Crippen LogP contribution < -0.4 is 5.84 Å². The molecule has 5 heteroatoms. The molecule has 0 radical (unpaired) electrons. The van der Waals surface area contributed by atoms with Crippen molar-refractivity contribution in [3.63, 3.8) is 0 Å². The van der Waals surface area contributed by atoms with Crippen molar-refractivity contribution in [1.82, 2.24) is 5.01 Å². The molecule has 0 saturated heterocycles. The summed E-state index contributed by atoms with van der Waals surface area (Å²) < 4.78 is 5.13. The average Bonchev–Trinajstić information content (AvgIpc) is 2.18. The zero-order chi connectivity index (χ0) is 13.1. The lowest BCUT2D eigenvalue weighted by Crippen LogP contribution is -2.40. The van der Waals surface area contributed by atoms with Crippen LogP contribution in [-0.2, 0) is 11.3 Å². The van der Waals surface area contributed by atoms with E-state index in [1.165, 1.54) is 0 Å². The minimum atomic E-state index is -0.572. The van der Waals surface area contributed by atoms with E-state index in [4.69, 9.17) is 22.2 Å². The van der Waals surface area contributed by atoms with Gasteiger partial charge >= 0.3 is 6.09 Å². The van der Waals surface area contributed by atoms with Gasteiger partial charge in [0.05, 0.1) is 6.54 Å². The molecule has 1 aromatic rings. The number of nitrogens with two attached hydrogens (primary N) is 1. The number of nitrogens with zero attached hydrogens (tertiary/aromatic N) is 1. The normalized spacial score (nSPS) is 11.1. The highest BCUT2D eigenvalue weighted by Gasteiger charge is 2.20. The number of halogens is 1. The van der Waals surface area contributed by atoms with Crippen LogP contribution in [0.2, 0.25) is 5.02 Å². The topological polar surface area (TPSA) is 55.6 Å². The Morgan fingerprint density at radius 2 is 2.00 bits per heavy atom. The van der Waals surface area contributed by atoms with E-state index in [0.29, 0.717) is 5.02 Å². The minimum Gasteiger partial charge on any atom is -0.443 e. The number of hydrazine groups is 1. The van der Waals surface area contributed by atoms with Gasteiger partial charge < -0.3 is 4.74 Å². The first kappa shape index (κ1) is 13.8. The third kappa shape index (κ3) is 4.63. The molecule has 94 valence electrons. The summed E-state index contributed by atoms with van der Waals surface area (Å²) in [5, 5.41) is 1.58. The largest absolute Gasteiger partial charge is 0.443 e. The Morgan fingerprint density at radius 1 is 1.41 bits per heavy atom. The first-order valence-corrected chi connectivity index (χ1v) is 5.66.